The maximum Gasteiger partial charge on any atom is 0.472 e. The van der Waals surface area contributed by atoms with Crippen LogP contribution < -0.4 is 5.73 Å². The third kappa shape index (κ3) is 41.4. The van der Waals surface area contributed by atoms with Crippen LogP contribution in [-0.2, 0) is 37.5 Å². The maximum absolute atomic E-state index is 12.6. The summed E-state index contributed by atoms with van der Waals surface area (Å²) in [5.74, 6) is -2.44. The van der Waals surface area contributed by atoms with Gasteiger partial charge >= 0.3 is 25.7 Å². The van der Waals surface area contributed by atoms with Crippen molar-refractivity contribution in [2.24, 2.45) is 5.73 Å². The molecular formula is C48H80NO10P. The average molecular weight is 862 g/mol. The predicted octanol–water partition coefficient (Wildman–Crippen LogP) is 12.3. The van der Waals surface area contributed by atoms with E-state index in [4.69, 9.17) is 24.8 Å². The molecule has 342 valence electrons. The smallest absolute Gasteiger partial charge is 0.472 e. The van der Waals surface area contributed by atoms with Gasteiger partial charge in [0.1, 0.15) is 12.6 Å². The number of rotatable bonds is 41. The molecule has 0 aliphatic rings. The fraction of sp³-hybridized carbons (Fsp3) is 0.646. The highest BCUT2D eigenvalue weighted by molar-refractivity contribution is 7.47. The molecule has 0 aromatic rings. The van der Waals surface area contributed by atoms with Gasteiger partial charge < -0.3 is 25.2 Å². The maximum atomic E-state index is 12.6. The number of allylic oxidation sites excluding steroid dienone is 14. The number of carbonyl (C=O) groups excluding carboxylic acids is 2. The van der Waals surface area contributed by atoms with Crippen LogP contribution in [0.1, 0.15) is 168 Å². The van der Waals surface area contributed by atoms with Gasteiger partial charge in [0.05, 0.1) is 13.2 Å². The summed E-state index contributed by atoms with van der Waals surface area (Å²) in [5.41, 5.74) is 5.33. The second-order valence-corrected chi connectivity index (χ2v) is 16.2. The number of ether oxygens (including phenoxy) is 2. The molecule has 0 radical (unpaired) electrons. The van der Waals surface area contributed by atoms with Gasteiger partial charge in [-0.25, -0.2) is 4.57 Å². The zero-order valence-corrected chi connectivity index (χ0v) is 37.9. The Kier molecular flexibility index (Phi) is 40.0. The zero-order valence-electron chi connectivity index (χ0n) is 37.0. The van der Waals surface area contributed by atoms with Gasteiger partial charge in [0.25, 0.3) is 0 Å². The first-order chi connectivity index (χ1) is 29.1. The molecule has 0 aliphatic carbocycles. The lowest BCUT2D eigenvalue weighted by atomic mass is 10.1. The van der Waals surface area contributed by atoms with Gasteiger partial charge in [-0.3, -0.25) is 23.4 Å². The zero-order chi connectivity index (χ0) is 44.2. The standard InChI is InChI=1S/C48H80NO10P/c1-3-5-7-9-11-13-15-17-19-21-22-24-26-28-30-32-34-36-38-40-47(51)59-44(42-57-60(54,55)58-43-45(49)48(52)53)41-56-46(50)39-37-35-33-31-29-27-25-23-20-18-16-14-12-10-8-6-4-2/h5,7,11-14,17-20,22,24,28,30,44-45H,3-4,6,8-10,15-16,21,23,25-27,29,31-43,49H2,1-2H3,(H,52,53)(H,54,55)/b7-5+,13-11+,14-12+,19-17+,20-18+,24-22+,30-28+/t44-,45+/m1/s1. The number of phosphoric acid groups is 1. The van der Waals surface area contributed by atoms with Crippen LogP contribution in [0.5, 0.6) is 0 Å². The number of carboxylic acids is 1. The first-order valence-electron chi connectivity index (χ1n) is 22.6. The molecule has 0 bridgehead atoms. The molecular weight excluding hydrogens is 781 g/mol. The molecule has 12 heteroatoms. The van der Waals surface area contributed by atoms with Crippen LogP contribution in [0.15, 0.2) is 85.1 Å². The summed E-state index contributed by atoms with van der Waals surface area (Å²) in [5, 5.41) is 8.90. The van der Waals surface area contributed by atoms with Crippen molar-refractivity contribution < 1.29 is 47.5 Å². The lowest BCUT2D eigenvalue weighted by Gasteiger charge is -2.20. The minimum Gasteiger partial charge on any atom is -0.480 e. The molecule has 0 fully saturated rings. The minimum atomic E-state index is -4.73. The van der Waals surface area contributed by atoms with Crippen LogP contribution >= 0.6 is 7.82 Å². The lowest BCUT2D eigenvalue weighted by molar-refractivity contribution is -0.161. The van der Waals surface area contributed by atoms with Crippen LogP contribution in [0.2, 0.25) is 0 Å². The Morgan fingerprint density at radius 1 is 0.533 bits per heavy atom. The highest BCUT2D eigenvalue weighted by Gasteiger charge is 2.28. The van der Waals surface area contributed by atoms with Crippen molar-refractivity contribution in [3.05, 3.63) is 85.1 Å². The summed E-state index contributed by atoms with van der Waals surface area (Å²) in [7, 11) is -4.73. The molecule has 11 nitrogen and oxygen atoms in total. The van der Waals surface area contributed by atoms with Crippen molar-refractivity contribution in [1.82, 2.24) is 0 Å². The van der Waals surface area contributed by atoms with Crippen molar-refractivity contribution in [1.29, 1.82) is 0 Å². The molecule has 0 saturated heterocycles. The van der Waals surface area contributed by atoms with Crippen molar-refractivity contribution >= 4 is 25.7 Å². The third-order valence-corrected chi connectivity index (χ3v) is 10.1. The van der Waals surface area contributed by atoms with Gasteiger partial charge in [-0.15, -0.1) is 0 Å². The second-order valence-electron chi connectivity index (χ2n) is 14.8. The number of carboxylic acid groups (broad SMARTS) is 1. The van der Waals surface area contributed by atoms with Gasteiger partial charge in [0, 0.05) is 12.8 Å². The van der Waals surface area contributed by atoms with Gasteiger partial charge in [0.2, 0.25) is 0 Å². The van der Waals surface area contributed by atoms with Gasteiger partial charge in [-0.05, 0) is 89.9 Å². The number of aliphatic carboxylic acids is 1. The van der Waals surface area contributed by atoms with Crippen LogP contribution in [0.4, 0.5) is 0 Å². The van der Waals surface area contributed by atoms with Crippen molar-refractivity contribution in [2.75, 3.05) is 19.8 Å². The average Bonchev–Trinajstić information content (AvgIpc) is 3.22. The molecule has 0 aromatic carbocycles. The highest BCUT2D eigenvalue weighted by Crippen LogP contribution is 2.43. The fourth-order valence-corrected chi connectivity index (χ4v) is 6.37. The molecule has 0 saturated carbocycles. The molecule has 0 aromatic heterocycles. The van der Waals surface area contributed by atoms with Crippen LogP contribution in [0, 0.1) is 0 Å². The van der Waals surface area contributed by atoms with Gasteiger partial charge in [-0.2, -0.15) is 0 Å². The molecule has 0 rings (SSSR count). The number of hydrogen-bond donors (Lipinski definition) is 3. The number of hydrogen-bond acceptors (Lipinski definition) is 9. The van der Waals surface area contributed by atoms with E-state index in [0.29, 0.717) is 12.8 Å². The molecule has 3 atom stereocenters. The van der Waals surface area contributed by atoms with Crippen LogP contribution in [0.25, 0.3) is 0 Å². The molecule has 0 amide bonds. The largest absolute Gasteiger partial charge is 0.480 e. The van der Waals surface area contributed by atoms with Crippen molar-refractivity contribution in [3.8, 4) is 0 Å². The van der Waals surface area contributed by atoms with Gasteiger partial charge in [0.15, 0.2) is 6.10 Å². The number of esters is 2. The van der Waals surface area contributed by atoms with Crippen molar-refractivity contribution in [2.45, 2.75) is 180 Å². The predicted molar refractivity (Wildman–Crippen MR) is 244 cm³/mol. The summed E-state index contributed by atoms with van der Waals surface area (Å²) in [6.07, 6.45) is 52.1. The monoisotopic (exact) mass is 862 g/mol. The van der Waals surface area contributed by atoms with E-state index in [1.54, 1.807) is 0 Å². The molecule has 0 heterocycles. The summed E-state index contributed by atoms with van der Waals surface area (Å²) in [6, 6.07) is -1.53. The summed E-state index contributed by atoms with van der Waals surface area (Å²) in [4.78, 5) is 46.0. The Labute approximate surface area is 362 Å². The van der Waals surface area contributed by atoms with Crippen LogP contribution in [0.3, 0.4) is 0 Å². The molecule has 4 N–H and O–H groups in total. The molecule has 0 spiro atoms. The van der Waals surface area contributed by atoms with E-state index in [0.717, 1.165) is 89.9 Å². The lowest BCUT2D eigenvalue weighted by Crippen LogP contribution is -2.34. The number of unbranched alkanes of at least 4 members (excludes halogenated alkanes) is 13. The number of nitrogens with two attached hydrogens (primary N) is 1. The third-order valence-electron chi connectivity index (χ3n) is 9.13. The first kappa shape index (κ1) is 56.7. The van der Waals surface area contributed by atoms with E-state index in [9.17, 15) is 23.8 Å². The quantitative estimate of drug-likeness (QED) is 0.0231. The highest BCUT2D eigenvalue weighted by atomic mass is 31.2. The van der Waals surface area contributed by atoms with E-state index in [1.807, 2.05) is 0 Å². The topological polar surface area (TPSA) is 172 Å². The second kappa shape index (κ2) is 42.4. The van der Waals surface area contributed by atoms with E-state index >= 15 is 0 Å². The van der Waals surface area contributed by atoms with Crippen LogP contribution in [-0.4, -0.2) is 59.9 Å². The number of phosphoric ester groups is 1. The van der Waals surface area contributed by atoms with E-state index in [-0.39, 0.29) is 19.4 Å². The summed E-state index contributed by atoms with van der Waals surface area (Å²) < 4.78 is 32.7. The Morgan fingerprint density at radius 2 is 0.933 bits per heavy atom. The Bertz CT molecular complexity index is 1340. The summed E-state index contributed by atoms with van der Waals surface area (Å²) in [6.45, 7) is 2.61. The molecule has 60 heavy (non-hydrogen) atoms. The van der Waals surface area contributed by atoms with E-state index in [1.165, 1.54) is 38.5 Å². The molecule has 1 unspecified atom stereocenters. The summed E-state index contributed by atoms with van der Waals surface area (Å²) >= 11 is 0. The Balaban J connectivity index is 4.44. The van der Waals surface area contributed by atoms with E-state index < -0.39 is 51.1 Å². The SMILES string of the molecule is CC/C=C/C/C=C/C/C=C/C/C=C/C/C=C/CCCCCC(=O)O[C@H](COC(=O)CCCCCCCCC/C=C/C/C=C/CCCCC)COP(=O)(O)OC[C@H](N)C(=O)O. The van der Waals surface area contributed by atoms with Gasteiger partial charge in [-0.1, -0.05) is 150 Å². The van der Waals surface area contributed by atoms with E-state index in [2.05, 4.69) is 103 Å². The molecule has 0 aliphatic heterocycles. The normalized spacial score (nSPS) is 14.5. The minimum absolute atomic E-state index is 0.115. The first-order valence-corrected chi connectivity index (χ1v) is 24.1. The Morgan fingerprint density at radius 3 is 1.42 bits per heavy atom. The Hall–Kier alpha value is -3.34. The number of carbonyl (C=O) groups is 3. The fourth-order valence-electron chi connectivity index (χ4n) is 5.59. The van der Waals surface area contributed by atoms with Crippen molar-refractivity contribution in [3.63, 3.8) is 0 Å².